The Hall–Kier alpha value is -1.04. The monoisotopic (exact) mass is 256 g/mol. The normalized spacial score (nSPS) is 21.2. The summed E-state index contributed by atoms with van der Waals surface area (Å²) in [5.74, 6) is -0.799. The first-order valence-electron chi connectivity index (χ1n) is 6.10. The van der Waals surface area contributed by atoms with Crippen molar-refractivity contribution in [1.29, 1.82) is 0 Å². The van der Waals surface area contributed by atoms with E-state index in [-0.39, 0.29) is 11.9 Å². The number of halogens is 2. The standard InChI is InChI=1S/C13H18F2N2O/c1-17-4-5-18-12(9-17)8-16-7-10-6-11(14)2-3-13(10)15/h2-3,6,12,16H,4-5,7-9H2,1H3. The van der Waals surface area contributed by atoms with Crippen LogP contribution in [0.25, 0.3) is 0 Å². The molecule has 1 N–H and O–H groups in total. The molecule has 0 aliphatic carbocycles. The van der Waals surface area contributed by atoms with Gasteiger partial charge in [-0.2, -0.15) is 0 Å². The van der Waals surface area contributed by atoms with Crippen LogP contribution in [0.4, 0.5) is 8.78 Å². The third-order valence-corrected chi connectivity index (χ3v) is 3.04. The number of rotatable bonds is 4. The molecule has 1 aromatic carbocycles. The van der Waals surface area contributed by atoms with E-state index in [9.17, 15) is 8.78 Å². The molecule has 0 aromatic heterocycles. The van der Waals surface area contributed by atoms with Gasteiger partial charge in [0.15, 0.2) is 0 Å². The van der Waals surface area contributed by atoms with Crippen molar-refractivity contribution in [3.8, 4) is 0 Å². The van der Waals surface area contributed by atoms with Crippen molar-refractivity contribution >= 4 is 0 Å². The maximum atomic E-state index is 13.4. The van der Waals surface area contributed by atoms with Gasteiger partial charge >= 0.3 is 0 Å². The Morgan fingerprint density at radius 2 is 2.28 bits per heavy atom. The van der Waals surface area contributed by atoms with Gasteiger partial charge in [0.25, 0.3) is 0 Å². The molecule has 1 aliphatic rings. The van der Waals surface area contributed by atoms with E-state index >= 15 is 0 Å². The van der Waals surface area contributed by atoms with Gasteiger partial charge in [0.1, 0.15) is 11.6 Å². The second-order valence-electron chi connectivity index (χ2n) is 4.62. The van der Waals surface area contributed by atoms with Gasteiger partial charge in [-0.25, -0.2) is 8.78 Å². The highest BCUT2D eigenvalue weighted by Gasteiger charge is 2.17. The van der Waals surface area contributed by atoms with E-state index < -0.39 is 5.82 Å². The number of morpholine rings is 1. The van der Waals surface area contributed by atoms with Crippen molar-refractivity contribution < 1.29 is 13.5 Å². The summed E-state index contributed by atoms with van der Waals surface area (Å²) in [5, 5.41) is 3.10. The molecule has 1 atom stereocenters. The van der Waals surface area contributed by atoms with Gasteiger partial charge in [-0.1, -0.05) is 0 Å². The van der Waals surface area contributed by atoms with Crippen LogP contribution in [0.2, 0.25) is 0 Å². The Bertz CT molecular complexity index is 401. The van der Waals surface area contributed by atoms with Gasteiger partial charge in [0, 0.05) is 31.7 Å². The fourth-order valence-electron chi connectivity index (χ4n) is 2.04. The van der Waals surface area contributed by atoms with Gasteiger partial charge in [0.2, 0.25) is 0 Å². The van der Waals surface area contributed by atoms with Crippen LogP contribution in [0, 0.1) is 11.6 Å². The fourth-order valence-corrected chi connectivity index (χ4v) is 2.04. The number of nitrogens with zero attached hydrogens (tertiary/aromatic N) is 1. The lowest BCUT2D eigenvalue weighted by Gasteiger charge is -2.30. The summed E-state index contributed by atoms with van der Waals surface area (Å²) in [4.78, 5) is 2.19. The minimum Gasteiger partial charge on any atom is -0.374 e. The SMILES string of the molecule is CN1CCOC(CNCc2cc(F)ccc2F)C1. The third-order valence-electron chi connectivity index (χ3n) is 3.04. The number of hydrogen-bond donors (Lipinski definition) is 1. The summed E-state index contributed by atoms with van der Waals surface area (Å²) in [6, 6.07) is 3.49. The summed E-state index contributed by atoms with van der Waals surface area (Å²) >= 11 is 0. The van der Waals surface area contributed by atoms with Gasteiger partial charge in [-0.15, -0.1) is 0 Å². The molecule has 5 heteroatoms. The van der Waals surface area contributed by atoms with E-state index in [2.05, 4.69) is 10.2 Å². The molecule has 1 fully saturated rings. The van der Waals surface area contributed by atoms with E-state index in [4.69, 9.17) is 4.74 Å². The number of likely N-dealkylation sites (N-methyl/N-ethyl adjacent to an activating group) is 1. The molecule has 18 heavy (non-hydrogen) atoms. The highest BCUT2D eigenvalue weighted by molar-refractivity contribution is 5.18. The molecular weight excluding hydrogens is 238 g/mol. The molecule has 0 saturated carbocycles. The second-order valence-corrected chi connectivity index (χ2v) is 4.62. The molecule has 0 amide bonds. The molecule has 1 saturated heterocycles. The second kappa shape index (κ2) is 6.22. The number of ether oxygens (including phenoxy) is 1. The topological polar surface area (TPSA) is 24.5 Å². The Labute approximate surface area is 106 Å². The molecule has 1 heterocycles. The molecule has 3 nitrogen and oxygen atoms in total. The molecule has 1 aromatic rings. The van der Waals surface area contributed by atoms with E-state index in [1.165, 1.54) is 6.07 Å². The average molecular weight is 256 g/mol. The van der Waals surface area contributed by atoms with E-state index in [1.807, 2.05) is 7.05 Å². The maximum absolute atomic E-state index is 13.4. The summed E-state index contributed by atoms with van der Waals surface area (Å²) in [6.45, 7) is 3.47. The van der Waals surface area contributed by atoms with Crippen LogP contribution in [-0.2, 0) is 11.3 Å². The van der Waals surface area contributed by atoms with Crippen molar-refractivity contribution in [3.63, 3.8) is 0 Å². The number of benzene rings is 1. The first-order chi connectivity index (χ1) is 8.65. The zero-order valence-corrected chi connectivity index (χ0v) is 10.5. The summed E-state index contributed by atoms with van der Waals surface area (Å²) < 4.78 is 31.9. The maximum Gasteiger partial charge on any atom is 0.127 e. The highest BCUT2D eigenvalue weighted by atomic mass is 19.1. The smallest absolute Gasteiger partial charge is 0.127 e. The molecule has 2 rings (SSSR count). The molecule has 100 valence electrons. The summed E-state index contributed by atoms with van der Waals surface area (Å²) in [7, 11) is 2.04. The van der Waals surface area contributed by atoms with Crippen molar-refractivity contribution in [2.45, 2.75) is 12.6 Å². The number of nitrogens with one attached hydrogen (secondary N) is 1. The Morgan fingerprint density at radius 3 is 3.06 bits per heavy atom. The predicted octanol–water partition coefficient (Wildman–Crippen LogP) is 1.38. The van der Waals surface area contributed by atoms with Crippen LogP contribution in [0.1, 0.15) is 5.56 Å². The van der Waals surface area contributed by atoms with Crippen molar-refractivity contribution in [1.82, 2.24) is 10.2 Å². The van der Waals surface area contributed by atoms with Gasteiger partial charge < -0.3 is 15.0 Å². The number of hydrogen-bond acceptors (Lipinski definition) is 3. The lowest BCUT2D eigenvalue weighted by molar-refractivity contribution is -0.0182. The van der Waals surface area contributed by atoms with Gasteiger partial charge in [-0.3, -0.25) is 0 Å². The van der Waals surface area contributed by atoms with Crippen molar-refractivity contribution in [3.05, 3.63) is 35.4 Å². The molecular formula is C13H18F2N2O. The van der Waals surface area contributed by atoms with Crippen LogP contribution in [0.15, 0.2) is 18.2 Å². The van der Waals surface area contributed by atoms with Gasteiger partial charge in [0.05, 0.1) is 12.7 Å². The highest BCUT2D eigenvalue weighted by Crippen LogP contribution is 2.09. The molecule has 1 unspecified atom stereocenters. The van der Waals surface area contributed by atoms with Crippen LogP contribution in [-0.4, -0.2) is 44.3 Å². The lowest BCUT2D eigenvalue weighted by atomic mass is 10.2. The summed E-state index contributed by atoms with van der Waals surface area (Å²) in [6.07, 6.45) is 0.111. The minimum atomic E-state index is -0.415. The summed E-state index contributed by atoms with van der Waals surface area (Å²) in [5.41, 5.74) is 0.346. The van der Waals surface area contributed by atoms with Crippen LogP contribution < -0.4 is 5.32 Å². The minimum absolute atomic E-state index is 0.111. The molecule has 0 spiro atoms. The Morgan fingerprint density at radius 1 is 1.44 bits per heavy atom. The molecule has 0 bridgehead atoms. The van der Waals surface area contributed by atoms with Gasteiger partial charge in [-0.05, 0) is 25.2 Å². The Balaban J connectivity index is 1.79. The average Bonchev–Trinajstić information content (AvgIpc) is 2.34. The zero-order valence-electron chi connectivity index (χ0n) is 10.5. The largest absolute Gasteiger partial charge is 0.374 e. The zero-order chi connectivity index (χ0) is 13.0. The molecule has 1 aliphatic heterocycles. The van der Waals surface area contributed by atoms with E-state index in [1.54, 1.807) is 0 Å². The molecule has 0 radical (unpaired) electrons. The van der Waals surface area contributed by atoms with Crippen molar-refractivity contribution in [2.24, 2.45) is 0 Å². The van der Waals surface area contributed by atoms with Crippen LogP contribution >= 0.6 is 0 Å². The van der Waals surface area contributed by atoms with Crippen LogP contribution in [0.3, 0.4) is 0 Å². The van der Waals surface area contributed by atoms with E-state index in [0.717, 1.165) is 31.8 Å². The lowest BCUT2D eigenvalue weighted by Crippen LogP contribution is -2.44. The third kappa shape index (κ3) is 3.73. The van der Waals surface area contributed by atoms with Crippen molar-refractivity contribution in [2.75, 3.05) is 33.3 Å². The predicted molar refractivity (Wildman–Crippen MR) is 65.3 cm³/mol. The first-order valence-corrected chi connectivity index (χ1v) is 6.10. The van der Waals surface area contributed by atoms with E-state index in [0.29, 0.717) is 18.7 Å². The van der Waals surface area contributed by atoms with Crippen LogP contribution in [0.5, 0.6) is 0 Å². The fraction of sp³-hybridized carbons (Fsp3) is 0.538. The Kier molecular flexibility index (Phi) is 4.63. The first kappa shape index (κ1) is 13.4. The quantitative estimate of drug-likeness (QED) is 0.881.